The molecule has 66 valence electrons. The van der Waals surface area contributed by atoms with Crippen molar-refractivity contribution >= 4 is 5.78 Å². The molecule has 0 heterocycles. The molecule has 0 spiro atoms. The second-order valence-electron chi connectivity index (χ2n) is 4.78. The molecule has 1 nitrogen and oxygen atoms in total. The predicted octanol–water partition coefficient (Wildman–Crippen LogP) is 2.71. The zero-order valence-electron chi connectivity index (χ0n) is 7.89. The van der Waals surface area contributed by atoms with E-state index >= 15 is 0 Å². The van der Waals surface area contributed by atoms with Crippen LogP contribution in [-0.4, -0.2) is 5.78 Å². The molecule has 0 radical (unpaired) electrons. The van der Waals surface area contributed by atoms with Gasteiger partial charge in [0.05, 0.1) is 0 Å². The quantitative estimate of drug-likeness (QED) is 0.538. The number of hydrogen-bond acceptors (Lipinski definition) is 1. The molecule has 0 aromatic carbocycles. The SMILES string of the molecule is CC1(C)CCCC2=CC(=O)C[C@H]21. The highest BCUT2D eigenvalue weighted by Gasteiger charge is 2.39. The number of hydrogen-bond donors (Lipinski definition) is 0. The van der Waals surface area contributed by atoms with Crippen molar-refractivity contribution in [1.82, 2.24) is 0 Å². The van der Waals surface area contributed by atoms with Crippen LogP contribution >= 0.6 is 0 Å². The van der Waals surface area contributed by atoms with Crippen LogP contribution in [0.2, 0.25) is 0 Å². The number of carbonyl (C=O) groups is 1. The second-order valence-corrected chi connectivity index (χ2v) is 4.78. The monoisotopic (exact) mass is 164 g/mol. The molecule has 1 fully saturated rings. The minimum atomic E-state index is 0.352. The molecule has 2 rings (SSSR count). The standard InChI is InChI=1S/C11H16O/c1-11(2)5-3-4-8-6-9(12)7-10(8)11/h6,10H,3-5,7H2,1-2H3/t10-/m1/s1. The van der Waals surface area contributed by atoms with Crippen molar-refractivity contribution in [2.45, 2.75) is 39.5 Å². The van der Waals surface area contributed by atoms with E-state index in [0.717, 1.165) is 6.42 Å². The van der Waals surface area contributed by atoms with Gasteiger partial charge in [-0.05, 0) is 36.7 Å². The molecule has 0 bridgehead atoms. The van der Waals surface area contributed by atoms with Crippen LogP contribution in [0.25, 0.3) is 0 Å². The predicted molar refractivity (Wildman–Crippen MR) is 48.8 cm³/mol. The average Bonchev–Trinajstić information content (AvgIpc) is 2.30. The van der Waals surface area contributed by atoms with Crippen molar-refractivity contribution in [3.8, 4) is 0 Å². The molecule has 0 aromatic heterocycles. The van der Waals surface area contributed by atoms with Crippen molar-refractivity contribution in [3.05, 3.63) is 11.6 Å². The fraction of sp³-hybridized carbons (Fsp3) is 0.727. The normalized spacial score (nSPS) is 33.0. The van der Waals surface area contributed by atoms with Crippen LogP contribution in [0.5, 0.6) is 0 Å². The molecule has 1 heteroatoms. The van der Waals surface area contributed by atoms with E-state index in [1.807, 2.05) is 6.08 Å². The number of ketones is 1. The Labute approximate surface area is 73.8 Å². The van der Waals surface area contributed by atoms with E-state index in [-0.39, 0.29) is 0 Å². The maximum Gasteiger partial charge on any atom is 0.156 e. The van der Waals surface area contributed by atoms with Crippen molar-refractivity contribution in [2.75, 3.05) is 0 Å². The largest absolute Gasteiger partial charge is 0.295 e. The summed E-state index contributed by atoms with van der Waals surface area (Å²) in [5.74, 6) is 0.920. The zero-order valence-corrected chi connectivity index (χ0v) is 7.89. The summed E-state index contributed by atoms with van der Waals surface area (Å²) in [6, 6.07) is 0. The Kier molecular flexibility index (Phi) is 1.64. The average molecular weight is 164 g/mol. The van der Waals surface area contributed by atoms with Gasteiger partial charge >= 0.3 is 0 Å². The number of rotatable bonds is 0. The Bertz CT molecular complexity index is 248. The van der Waals surface area contributed by atoms with Crippen LogP contribution in [0, 0.1) is 11.3 Å². The lowest BCUT2D eigenvalue weighted by Crippen LogP contribution is -2.28. The summed E-state index contributed by atoms with van der Waals surface area (Å²) in [6.07, 6.45) is 6.39. The van der Waals surface area contributed by atoms with Crippen LogP contribution < -0.4 is 0 Å². The summed E-state index contributed by atoms with van der Waals surface area (Å²) in [7, 11) is 0. The van der Waals surface area contributed by atoms with Crippen LogP contribution in [0.3, 0.4) is 0 Å². The fourth-order valence-electron chi connectivity index (χ4n) is 2.65. The van der Waals surface area contributed by atoms with Crippen LogP contribution in [0.4, 0.5) is 0 Å². The number of fused-ring (bicyclic) bond motifs is 1. The van der Waals surface area contributed by atoms with Gasteiger partial charge in [-0.2, -0.15) is 0 Å². The van der Waals surface area contributed by atoms with Crippen molar-refractivity contribution < 1.29 is 4.79 Å². The summed E-state index contributed by atoms with van der Waals surface area (Å²) in [5, 5.41) is 0. The minimum Gasteiger partial charge on any atom is -0.295 e. The molecule has 12 heavy (non-hydrogen) atoms. The third-order valence-electron chi connectivity index (χ3n) is 3.43. The van der Waals surface area contributed by atoms with Gasteiger partial charge in [-0.3, -0.25) is 4.79 Å². The highest BCUT2D eigenvalue weighted by molar-refractivity contribution is 5.93. The van der Waals surface area contributed by atoms with Crippen molar-refractivity contribution in [1.29, 1.82) is 0 Å². The van der Waals surface area contributed by atoms with Crippen LogP contribution in [0.1, 0.15) is 39.5 Å². The first-order chi connectivity index (χ1) is 5.59. The third kappa shape index (κ3) is 1.12. The molecule has 0 N–H and O–H groups in total. The van der Waals surface area contributed by atoms with E-state index in [2.05, 4.69) is 13.8 Å². The highest BCUT2D eigenvalue weighted by Crippen LogP contribution is 2.47. The maximum absolute atomic E-state index is 11.2. The molecule has 0 aliphatic heterocycles. The summed E-state index contributed by atoms with van der Waals surface area (Å²) in [5.41, 5.74) is 1.80. The third-order valence-corrected chi connectivity index (χ3v) is 3.43. The maximum atomic E-state index is 11.2. The summed E-state index contributed by atoms with van der Waals surface area (Å²) in [6.45, 7) is 4.59. The molecule has 0 amide bonds. The van der Waals surface area contributed by atoms with Gasteiger partial charge in [0, 0.05) is 6.42 Å². The van der Waals surface area contributed by atoms with Gasteiger partial charge in [0.25, 0.3) is 0 Å². The zero-order chi connectivity index (χ0) is 8.77. The summed E-state index contributed by atoms with van der Waals surface area (Å²) in [4.78, 5) is 11.2. The van der Waals surface area contributed by atoms with Gasteiger partial charge in [-0.15, -0.1) is 0 Å². The van der Waals surface area contributed by atoms with E-state index in [9.17, 15) is 4.79 Å². The molecule has 1 atom stereocenters. The Hall–Kier alpha value is -0.590. The van der Waals surface area contributed by atoms with E-state index in [1.165, 1.54) is 24.8 Å². The Morgan fingerprint density at radius 1 is 1.50 bits per heavy atom. The van der Waals surface area contributed by atoms with Gasteiger partial charge in [0.1, 0.15) is 0 Å². The topological polar surface area (TPSA) is 17.1 Å². The Morgan fingerprint density at radius 2 is 2.25 bits per heavy atom. The number of allylic oxidation sites excluding steroid dienone is 2. The Morgan fingerprint density at radius 3 is 2.92 bits per heavy atom. The molecule has 2 aliphatic rings. The minimum absolute atomic E-state index is 0.352. The first kappa shape index (κ1) is 8.03. The van der Waals surface area contributed by atoms with Gasteiger partial charge in [-0.1, -0.05) is 19.4 Å². The van der Waals surface area contributed by atoms with Crippen LogP contribution in [0.15, 0.2) is 11.6 Å². The molecule has 0 saturated heterocycles. The summed E-state index contributed by atoms with van der Waals surface area (Å²) >= 11 is 0. The van der Waals surface area contributed by atoms with E-state index in [4.69, 9.17) is 0 Å². The number of carbonyl (C=O) groups excluding carboxylic acids is 1. The lowest BCUT2D eigenvalue weighted by atomic mass is 9.67. The second kappa shape index (κ2) is 2.45. The van der Waals surface area contributed by atoms with Crippen molar-refractivity contribution in [3.63, 3.8) is 0 Å². The lowest BCUT2D eigenvalue weighted by Gasteiger charge is -2.37. The van der Waals surface area contributed by atoms with Gasteiger partial charge in [0.2, 0.25) is 0 Å². The smallest absolute Gasteiger partial charge is 0.156 e. The molecule has 1 saturated carbocycles. The molecular formula is C11H16O. The Balaban J connectivity index is 2.28. The molecular weight excluding hydrogens is 148 g/mol. The van der Waals surface area contributed by atoms with Gasteiger partial charge in [0.15, 0.2) is 5.78 Å². The lowest BCUT2D eigenvalue weighted by molar-refractivity contribution is -0.115. The van der Waals surface area contributed by atoms with E-state index < -0.39 is 0 Å². The molecule has 0 unspecified atom stereocenters. The highest BCUT2D eigenvalue weighted by atomic mass is 16.1. The summed E-state index contributed by atoms with van der Waals surface area (Å²) < 4.78 is 0. The van der Waals surface area contributed by atoms with E-state index in [1.54, 1.807) is 0 Å². The van der Waals surface area contributed by atoms with Gasteiger partial charge in [-0.25, -0.2) is 0 Å². The molecule has 0 aromatic rings. The van der Waals surface area contributed by atoms with E-state index in [0.29, 0.717) is 17.1 Å². The van der Waals surface area contributed by atoms with Crippen LogP contribution in [-0.2, 0) is 4.79 Å². The molecule has 2 aliphatic carbocycles. The first-order valence-corrected chi connectivity index (χ1v) is 4.83. The van der Waals surface area contributed by atoms with Crippen molar-refractivity contribution in [2.24, 2.45) is 11.3 Å². The first-order valence-electron chi connectivity index (χ1n) is 4.83. The van der Waals surface area contributed by atoms with Gasteiger partial charge < -0.3 is 0 Å². The fourth-order valence-corrected chi connectivity index (χ4v) is 2.65.